The Kier molecular flexibility index (Phi) is 5.11. The van der Waals surface area contributed by atoms with Crippen LogP contribution in [-0.4, -0.2) is 23.9 Å². The highest BCUT2D eigenvalue weighted by molar-refractivity contribution is 7.14. The smallest absolute Gasteiger partial charge is 0.292 e. The van der Waals surface area contributed by atoms with Crippen molar-refractivity contribution in [1.29, 1.82) is 0 Å². The van der Waals surface area contributed by atoms with Crippen LogP contribution in [0.25, 0.3) is 0 Å². The van der Waals surface area contributed by atoms with Crippen LogP contribution in [0.1, 0.15) is 20.1 Å². The molecule has 2 aromatic rings. The maximum absolute atomic E-state index is 12.0. The number of nitro benzene ring substituents is 1. The fourth-order valence-electron chi connectivity index (χ4n) is 1.93. The van der Waals surface area contributed by atoms with Gasteiger partial charge in [-0.1, -0.05) is 12.1 Å². The molecule has 116 valence electrons. The van der Waals surface area contributed by atoms with Gasteiger partial charge in [-0.15, -0.1) is 11.3 Å². The molecule has 7 heteroatoms. The van der Waals surface area contributed by atoms with E-state index in [0.717, 1.165) is 10.4 Å². The summed E-state index contributed by atoms with van der Waals surface area (Å²) in [7, 11) is 0. The van der Waals surface area contributed by atoms with Crippen LogP contribution >= 0.6 is 11.3 Å². The van der Waals surface area contributed by atoms with Crippen LogP contribution in [0.3, 0.4) is 0 Å². The predicted octanol–water partition coefficient (Wildman–Crippen LogP) is 3.12. The van der Waals surface area contributed by atoms with E-state index in [0.29, 0.717) is 23.7 Å². The number of hydrogen-bond acceptors (Lipinski definition) is 5. The van der Waals surface area contributed by atoms with E-state index < -0.39 is 4.92 Å². The number of anilines is 1. The Labute approximate surface area is 132 Å². The summed E-state index contributed by atoms with van der Waals surface area (Å²) in [5.41, 5.74) is 1.58. The number of para-hydroxylation sites is 2. The van der Waals surface area contributed by atoms with Gasteiger partial charge >= 0.3 is 0 Å². The standard InChI is InChI=1S/C15H17N3O3S/c1-10-9-14(22-11(10)2)15(19)17-8-7-16-12-5-3-4-6-13(12)18(20)21/h3-6,9,16H,7-8H2,1-2H3,(H,17,19). The van der Waals surface area contributed by atoms with Crippen LogP contribution in [0.15, 0.2) is 30.3 Å². The van der Waals surface area contributed by atoms with E-state index >= 15 is 0 Å². The van der Waals surface area contributed by atoms with Crippen molar-refractivity contribution in [3.63, 3.8) is 0 Å². The lowest BCUT2D eigenvalue weighted by Gasteiger charge is -2.07. The first-order chi connectivity index (χ1) is 10.5. The minimum atomic E-state index is -0.432. The van der Waals surface area contributed by atoms with Gasteiger partial charge in [0.15, 0.2) is 0 Å². The molecule has 0 aliphatic heterocycles. The largest absolute Gasteiger partial charge is 0.378 e. The Morgan fingerprint density at radius 3 is 2.64 bits per heavy atom. The molecular weight excluding hydrogens is 302 g/mol. The van der Waals surface area contributed by atoms with Gasteiger partial charge in [0.25, 0.3) is 11.6 Å². The summed E-state index contributed by atoms with van der Waals surface area (Å²) in [5, 5.41) is 16.6. The van der Waals surface area contributed by atoms with Crippen LogP contribution in [0, 0.1) is 24.0 Å². The fourth-order valence-corrected chi connectivity index (χ4v) is 2.88. The molecule has 1 amide bonds. The highest BCUT2D eigenvalue weighted by atomic mass is 32.1. The van der Waals surface area contributed by atoms with Crippen molar-refractivity contribution in [3.05, 3.63) is 55.8 Å². The summed E-state index contributed by atoms with van der Waals surface area (Å²) in [6, 6.07) is 8.30. The quantitative estimate of drug-likeness (QED) is 0.487. The first-order valence-electron chi connectivity index (χ1n) is 6.81. The molecule has 0 fully saturated rings. The van der Waals surface area contributed by atoms with Crippen molar-refractivity contribution in [2.24, 2.45) is 0 Å². The van der Waals surface area contributed by atoms with E-state index in [1.165, 1.54) is 17.4 Å². The molecule has 22 heavy (non-hydrogen) atoms. The van der Waals surface area contributed by atoms with Crippen molar-refractivity contribution in [2.75, 3.05) is 18.4 Å². The third-order valence-corrected chi connectivity index (χ3v) is 4.37. The number of carbonyl (C=O) groups is 1. The lowest BCUT2D eigenvalue weighted by Crippen LogP contribution is -2.28. The van der Waals surface area contributed by atoms with Crippen molar-refractivity contribution in [3.8, 4) is 0 Å². The number of nitrogens with one attached hydrogen (secondary N) is 2. The Bertz CT molecular complexity index is 678. The van der Waals surface area contributed by atoms with Gasteiger partial charge in [0.1, 0.15) is 5.69 Å². The normalized spacial score (nSPS) is 10.3. The molecule has 0 atom stereocenters. The van der Waals surface area contributed by atoms with Crippen LogP contribution in [-0.2, 0) is 0 Å². The van der Waals surface area contributed by atoms with E-state index in [-0.39, 0.29) is 11.6 Å². The van der Waals surface area contributed by atoms with Gasteiger partial charge in [0, 0.05) is 24.0 Å². The Morgan fingerprint density at radius 2 is 2.00 bits per heavy atom. The summed E-state index contributed by atoms with van der Waals surface area (Å²) in [6.45, 7) is 4.76. The summed E-state index contributed by atoms with van der Waals surface area (Å²) in [5.74, 6) is -0.120. The van der Waals surface area contributed by atoms with Crippen LogP contribution in [0.5, 0.6) is 0 Å². The Hall–Kier alpha value is -2.41. The molecule has 1 aromatic carbocycles. The molecule has 0 aliphatic carbocycles. The lowest BCUT2D eigenvalue weighted by molar-refractivity contribution is -0.384. The lowest BCUT2D eigenvalue weighted by atomic mass is 10.2. The number of thiophene rings is 1. The van der Waals surface area contributed by atoms with E-state index in [1.807, 2.05) is 19.9 Å². The van der Waals surface area contributed by atoms with E-state index in [9.17, 15) is 14.9 Å². The summed E-state index contributed by atoms with van der Waals surface area (Å²) in [6.07, 6.45) is 0. The molecule has 0 saturated carbocycles. The molecule has 0 unspecified atom stereocenters. The van der Waals surface area contributed by atoms with Gasteiger partial charge in [-0.3, -0.25) is 14.9 Å². The predicted molar refractivity (Wildman–Crippen MR) is 87.7 cm³/mol. The SMILES string of the molecule is Cc1cc(C(=O)NCCNc2ccccc2[N+](=O)[O-])sc1C. The minimum Gasteiger partial charge on any atom is -0.378 e. The van der Waals surface area contributed by atoms with Gasteiger partial charge in [0.05, 0.1) is 9.80 Å². The zero-order valence-electron chi connectivity index (χ0n) is 12.4. The minimum absolute atomic E-state index is 0.0262. The third-order valence-electron chi connectivity index (χ3n) is 3.22. The maximum atomic E-state index is 12.0. The molecule has 6 nitrogen and oxygen atoms in total. The first-order valence-corrected chi connectivity index (χ1v) is 7.63. The summed E-state index contributed by atoms with van der Waals surface area (Å²) < 4.78 is 0. The zero-order chi connectivity index (χ0) is 16.1. The van der Waals surface area contributed by atoms with Gasteiger partial charge in [-0.25, -0.2) is 0 Å². The molecule has 0 radical (unpaired) electrons. The first kappa shape index (κ1) is 16.0. The van der Waals surface area contributed by atoms with Crippen LogP contribution in [0.2, 0.25) is 0 Å². The second kappa shape index (κ2) is 7.04. The Balaban J connectivity index is 1.85. The van der Waals surface area contributed by atoms with E-state index in [4.69, 9.17) is 0 Å². The highest BCUT2D eigenvalue weighted by Gasteiger charge is 2.12. The number of hydrogen-bond donors (Lipinski definition) is 2. The van der Waals surface area contributed by atoms with Crippen molar-refractivity contribution >= 4 is 28.6 Å². The monoisotopic (exact) mass is 319 g/mol. The van der Waals surface area contributed by atoms with Crippen LogP contribution < -0.4 is 10.6 Å². The second-order valence-electron chi connectivity index (χ2n) is 4.81. The molecule has 1 heterocycles. The van der Waals surface area contributed by atoms with Crippen molar-refractivity contribution < 1.29 is 9.72 Å². The second-order valence-corrected chi connectivity index (χ2v) is 6.06. The fraction of sp³-hybridized carbons (Fsp3) is 0.267. The zero-order valence-corrected chi connectivity index (χ0v) is 13.2. The molecule has 1 aromatic heterocycles. The average Bonchev–Trinajstić information content (AvgIpc) is 2.83. The number of rotatable bonds is 6. The van der Waals surface area contributed by atoms with E-state index in [2.05, 4.69) is 10.6 Å². The third kappa shape index (κ3) is 3.82. The summed E-state index contributed by atoms with van der Waals surface area (Å²) >= 11 is 1.46. The van der Waals surface area contributed by atoms with E-state index in [1.54, 1.807) is 18.2 Å². The van der Waals surface area contributed by atoms with Crippen molar-refractivity contribution in [1.82, 2.24) is 5.32 Å². The summed E-state index contributed by atoms with van der Waals surface area (Å²) in [4.78, 5) is 24.2. The number of benzene rings is 1. The molecule has 0 aliphatic rings. The number of aryl methyl sites for hydroxylation is 2. The topological polar surface area (TPSA) is 84.3 Å². The maximum Gasteiger partial charge on any atom is 0.292 e. The van der Waals surface area contributed by atoms with Gasteiger partial charge in [-0.2, -0.15) is 0 Å². The molecule has 0 saturated heterocycles. The van der Waals surface area contributed by atoms with Gasteiger partial charge in [0.2, 0.25) is 0 Å². The molecule has 2 N–H and O–H groups in total. The molecule has 2 rings (SSSR count). The van der Waals surface area contributed by atoms with Gasteiger partial charge in [-0.05, 0) is 31.5 Å². The number of nitro groups is 1. The average molecular weight is 319 g/mol. The highest BCUT2D eigenvalue weighted by Crippen LogP contribution is 2.23. The number of amides is 1. The number of carbonyl (C=O) groups excluding carboxylic acids is 1. The Morgan fingerprint density at radius 1 is 1.27 bits per heavy atom. The molecule has 0 spiro atoms. The molecular formula is C15H17N3O3S. The van der Waals surface area contributed by atoms with Crippen LogP contribution in [0.4, 0.5) is 11.4 Å². The number of nitrogens with zero attached hydrogens (tertiary/aromatic N) is 1. The van der Waals surface area contributed by atoms with Crippen molar-refractivity contribution in [2.45, 2.75) is 13.8 Å². The van der Waals surface area contributed by atoms with Gasteiger partial charge < -0.3 is 10.6 Å². The molecule has 0 bridgehead atoms.